The summed E-state index contributed by atoms with van der Waals surface area (Å²) >= 11 is 0. The van der Waals surface area contributed by atoms with Gasteiger partial charge in [-0.3, -0.25) is 0 Å². The zero-order valence-electron chi connectivity index (χ0n) is 43.6. The number of hydrogen-bond donors (Lipinski definition) is 1. The molecule has 7 aromatic carbocycles. The lowest BCUT2D eigenvalue weighted by atomic mass is 9.88. The Kier molecular flexibility index (Phi) is 22.7. The van der Waals surface area contributed by atoms with E-state index < -0.39 is 0 Å². The van der Waals surface area contributed by atoms with Crippen molar-refractivity contribution < 1.29 is 43.0 Å². The van der Waals surface area contributed by atoms with Gasteiger partial charge in [0.15, 0.2) is 12.6 Å². The normalized spacial score (nSPS) is 11.8. The third kappa shape index (κ3) is 16.7. The van der Waals surface area contributed by atoms with Gasteiger partial charge < -0.3 is 43.0 Å². The monoisotopic (exact) mass is 985 g/mol. The van der Waals surface area contributed by atoms with Gasteiger partial charge in [-0.15, -0.1) is 0 Å². The largest absolute Gasteiger partial charge is 0.508 e. The molecule has 0 amide bonds. The number of hydrogen-bond acceptors (Lipinski definition) is 9. The van der Waals surface area contributed by atoms with Crippen molar-refractivity contribution in [3.8, 4) is 28.7 Å². The van der Waals surface area contributed by atoms with E-state index >= 15 is 0 Å². The maximum absolute atomic E-state index is 9.79. The Morgan fingerprint density at radius 1 is 0.370 bits per heavy atom. The lowest BCUT2D eigenvalue weighted by molar-refractivity contribution is -0.152. The van der Waals surface area contributed by atoms with Crippen LogP contribution in [-0.4, -0.2) is 64.4 Å². The smallest absolute Gasteiger partial charge is 0.191 e. The Labute approximate surface area is 433 Å². The highest BCUT2D eigenvalue weighted by molar-refractivity contribution is 5.99. The summed E-state index contributed by atoms with van der Waals surface area (Å²) in [6, 6.07) is 61.0. The molecule has 7 rings (SSSR count). The molecule has 0 bridgehead atoms. The first-order valence-corrected chi connectivity index (χ1v) is 25.5. The average molecular weight is 985 g/mol. The van der Waals surface area contributed by atoms with Crippen molar-refractivity contribution in [1.82, 2.24) is 0 Å². The Balaban J connectivity index is 0.000000246. The van der Waals surface area contributed by atoms with Gasteiger partial charge in [0.2, 0.25) is 0 Å². The molecule has 1 N–H and O–H groups in total. The number of rotatable bonds is 26. The van der Waals surface area contributed by atoms with Crippen LogP contribution < -0.4 is 18.9 Å². The van der Waals surface area contributed by atoms with Crippen molar-refractivity contribution in [3.05, 3.63) is 221 Å². The molecule has 0 aliphatic heterocycles. The van der Waals surface area contributed by atoms with Crippen LogP contribution >= 0.6 is 0 Å². The molecule has 0 saturated carbocycles. The number of ether oxygens (including phenoxy) is 8. The molecule has 0 spiro atoms. The highest BCUT2D eigenvalue weighted by atomic mass is 16.7. The summed E-state index contributed by atoms with van der Waals surface area (Å²) in [7, 11) is 1.67. The molecule has 0 saturated heterocycles. The van der Waals surface area contributed by atoms with Crippen LogP contribution in [0.4, 0.5) is 0 Å². The van der Waals surface area contributed by atoms with Gasteiger partial charge in [0, 0.05) is 26.4 Å². The summed E-state index contributed by atoms with van der Waals surface area (Å²) in [4.78, 5) is 0. The number of methoxy groups -OCH3 is 1. The second kappa shape index (κ2) is 30.0. The van der Waals surface area contributed by atoms with Gasteiger partial charge in [0.25, 0.3) is 0 Å². The molecule has 9 nitrogen and oxygen atoms in total. The quantitative estimate of drug-likeness (QED) is 0.0420. The summed E-state index contributed by atoms with van der Waals surface area (Å²) in [5.41, 5.74) is 12.7. The van der Waals surface area contributed by atoms with E-state index in [4.69, 9.17) is 37.9 Å². The van der Waals surface area contributed by atoms with Crippen LogP contribution in [0.1, 0.15) is 93.3 Å². The van der Waals surface area contributed by atoms with Crippen LogP contribution in [0.25, 0.3) is 22.3 Å². The molecule has 0 atom stereocenters. The first kappa shape index (κ1) is 55.2. The third-order valence-electron chi connectivity index (χ3n) is 11.9. The zero-order valence-corrected chi connectivity index (χ0v) is 43.6. The van der Waals surface area contributed by atoms with E-state index in [0.717, 1.165) is 69.2 Å². The van der Waals surface area contributed by atoms with E-state index in [0.29, 0.717) is 46.2 Å². The van der Waals surface area contributed by atoms with E-state index in [1.807, 2.05) is 107 Å². The predicted molar refractivity (Wildman–Crippen MR) is 295 cm³/mol. The molecule has 0 fully saturated rings. The van der Waals surface area contributed by atoms with Gasteiger partial charge in [0.05, 0.1) is 7.11 Å². The Hall–Kier alpha value is -7.14. The molecule has 0 radical (unpaired) electrons. The van der Waals surface area contributed by atoms with Crippen molar-refractivity contribution in [3.63, 3.8) is 0 Å². The molecule has 73 heavy (non-hydrogen) atoms. The summed E-state index contributed by atoms with van der Waals surface area (Å²) in [6.07, 6.45) is 1.01. The highest BCUT2D eigenvalue weighted by Crippen LogP contribution is 2.37. The van der Waals surface area contributed by atoms with Gasteiger partial charge in [-0.05, 0) is 162 Å². The first-order chi connectivity index (χ1) is 35.8. The summed E-state index contributed by atoms with van der Waals surface area (Å²) in [6.45, 7) is 15.6. The molecule has 7 aromatic rings. The number of benzene rings is 7. The highest BCUT2D eigenvalue weighted by Gasteiger charge is 2.17. The summed E-state index contributed by atoms with van der Waals surface area (Å²) in [5.74, 6) is 3.46. The minimum Gasteiger partial charge on any atom is -0.508 e. The van der Waals surface area contributed by atoms with Gasteiger partial charge in [-0.1, -0.05) is 135 Å². The van der Waals surface area contributed by atoms with E-state index in [2.05, 4.69) is 105 Å². The molecule has 0 heterocycles. The summed E-state index contributed by atoms with van der Waals surface area (Å²) < 4.78 is 45.5. The number of phenolic OH excluding ortho intramolecular Hbond substituents is 1. The second-order valence-electron chi connectivity index (χ2n) is 16.7. The van der Waals surface area contributed by atoms with Crippen LogP contribution in [0, 0.1) is 0 Å². The topological polar surface area (TPSA) is 94.1 Å². The van der Waals surface area contributed by atoms with Gasteiger partial charge in [-0.25, -0.2) is 0 Å². The van der Waals surface area contributed by atoms with Crippen molar-refractivity contribution in [2.75, 3.05) is 46.8 Å². The van der Waals surface area contributed by atoms with E-state index in [1.165, 1.54) is 27.8 Å². The van der Waals surface area contributed by atoms with Crippen molar-refractivity contribution >= 4 is 22.3 Å². The first-order valence-electron chi connectivity index (χ1n) is 25.5. The number of allylic oxidation sites excluding steroid dienone is 2. The minimum absolute atomic E-state index is 0.257. The lowest BCUT2D eigenvalue weighted by Gasteiger charge is -2.19. The van der Waals surface area contributed by atoms with Crippen LogP contribution in [0.5, 0.6) is 28.7 Å². The van der Waals surface area contributed by atoms with Crippen LogP contribution in [0.3, 0.4) is 0 Å². The van der Waals surface area contributed by atoms with E-state index in [-0.39, 0.29) is 18.3 Å². The second-order valence-corrected chi connectivity index (χ2v) is 16.7. The summed E-state index contributed by atoms with van der Waals surface area (Å²) in [5, 5.41) is 9.79. The van der Waals surface area contributed by atoms with Crippen LogP contribution in [0.2, 0.25) is 0 Å². The van der Waals surface area contributed by atoms with Gasteiger partial charge in [-0.2, -0.15) is 0 Å². The zero-order chi connectivity index (χ0) is 51.6. The van der Waals surface area contributed by atoms with Gasteiger partial charge >= 0.3 is 0 Å². The fraction of sp³-hybridized carbons (Fsp3) is 0.281. The maximum atomic E-state index is 9.79. The molecular weight excluding hydrogens is 913 g/mol. The standard InChI is InChI=1S/C36H40O5.C28H32O4/c1-5-34(28-11-9-8-10-12-28)36(30-17-23-33(24-18-30)41-26-35(38-6-2)39-7-3)29-15-21-32(22-16-29)40-25-27-13-19-31(37-4)20-14-27;1-4-26(21-10-8-7-9-11-21)28(22-12-16-24(29)17-13-22)23-14-18-25(19-15-23)32-20-27(30-5-2)31-6-3/h8-24,35H,5-7,25-26H2,1-4H3;7-19,27,29H,4-6,20H2,1-3H3/b36-34-;28-26-. The molecule has 9 heteroatoms. The van der Waals surface area contributed by atoms with Crippen LogP contribution in [0.15, 0.2) is 182 Å². The average Bonchev–Trinajstić information content (AvgIpc) is 3.44. The Morgan fingerprint density at radius 2 is 0.699 bits per heavy atom. The fourth-order valence-electron chi connectivity index (χ4n) is 8.39. The molecule has 0 aliphatic carbocycles. The number of aromatic hydroxyl groups is 1. The SMILES string of the molecule is CCOC(COc1ccc(/C(=C(/CC)c2ccccc2)c2ccc(O)cc2)cc1)OCC.CCOC(COc1ccc(/C(=C(/CC)c2ccccc2)c2ccc(OCc3ccc(OC)cc3)cc2)cc1)OCC. The van der Waals surface area contributed by atoms with Crippen molar-refractivity contribution in [1.29, 1.82) is 0 Å². The Bertz CT molecular complexity index is 2690. The molecule has 0 aromatic heterocycles. The van der Waals surface area contributed by atoms with E-state index in [1.54, 1.807) is 19.2 Å². The van der Waals surface area contributed by atoms with Crippen LogP contribution in [-0.2, 0) is 25.6 Å². The molecule has 0 unspecified atom stereocenters. The van der Waals surface area contributed by atoms with Crippen molar-refractivity contribution in [2.24, 2.45) is 0 Å². The van der Waals surface area contributed by atoms with Crippen molar-refractivity contribution in [2.45, 2.75) is 73.6 Å². The van der Waals surface area contributed by atoms with Gasteiger partial charge in [0.1, 0.15) is 48.6 Å². The molecule has 382 valence electrons. The third-order valence-corrected chi connectivity index (χ3v) is 11.9. The molecule has 0 aliphatic rings. The maximum Gasteiger partial charge on any atom is 0.191 e. The van der Waals surface area contributed by atoms with E-state index in [9.17, 15) is 5.11 Å². The lowest BCUT2D eigenvalue weighted by Crippen LogP contribution is -2.25. The number of phenols is 1. The fourth-order valence-corrected chi connectivity index (χ4v) is 8.39. The predicted octanol–water partition coefficient (Wildman–Crippen LogP) is 15.0. The molecular formula is C64H72O9. The Morgan fingerprint density at radius 3 is 1.03 bits per heavy atom. The minimum atomic E-state index is -0.379.